The molecule has 1 aliphatic heterocycles. The zero-order valence-electron chi connectivity index (χ0n) is 12.8. The van der Waals surface area contributed by atoms with Gasteiger partial charge < -0.3 is 15.8 Å². The van der Waals surface area contributed by atoms with Crippen LogP contribution in [0.3, 0.4) is 0 Å². The van der Waals surface area contributed by atoms with Crippen molar-refractivity contribution >= 4 is 11.9 Å². The van der Waals surface area contributed by atoms with Crippen LogP contribution in [-0.2, 0) is 16.1 Å². The van der Waals surface area contributed by atoms with Crippen LogP contribution in [0.15, 0.2) is 0 Å². The van der Waals surface area contributed by atoms with E-state index < -0.39 is 5.54 Å². The van der Waals surface area contributed by atoms with Crippen LogP contribution in [0.5, 0.6) is 0 Å². The lowest BCUT2D eigenvalue weighted by Gasteiger charge is -2.46. The van der Waals surface area contributed by atoms with Gasteiger partial charge in [0.05, 0.1) is 19.8 Å². The summed E-state index contributed by atoms with van der Waals surface area (Å²) in [4.78, 5) is 19.2. The predicted molar refractivity (Wildman–Crippen MR) is 80.8 cm³/mol. The molecule has 3 rings (SSSR count). The number of hydrogen-bond acceptors (Lipinski definition) is 6. The monoisotopic (exact) mass is 308 g/mol. The third-order valence-corrected chi connectivity index (χ3v) is 4.69. The third-order valence-electron chi connectivity index (χ3n) is 4.69. The standard InChI is InChI=1S/C14H24N6O2/c15-13-17-11(18-19-13)10-16-12(21)14(4-2-1-3-5-14)20-6-8-22-9-7-20/h1-10H2,(H,16,21)(H3,15,17,18,19). The van der Waals surface area contributed by atoms with Crippen molar-refractivity contribution < 1.29 is 9.53 Å². The van der Waals surface area contributed by atoms with Gasteiger partial charge in [-0.3, -0.25) is 14.8 Å². The fraction of sp³-hybridized carbons (Fsp3) is 0.786. The van der Waals surface area contributed by atoms with Crippen molar-refractivity contribution in [2.45, 2.75) is 44.2 Å². The van der Waals surface area contributed by atoms with Gasteiger partial charge in [0.15, 0.2) is 0 Å². The largest absolute Gasteiger partial charge is 0.379 e. The van der Waals surface area contributed by atoms with Gasteiger partial charge in [-0.2, -0.15) is 4.98 Å². The first-order valence-electron chi connectivity index (χ1n) is 7.98. The smallest absolute Gasteiger partial charge is 0.240 e. The van der Waals surface area contributed by atoms with E-state index >= 15 is 0 Å². The summed E-state index contributed by atoms with van der Waals surface area (Å²) < 4.78 is 5.44. The summed E-state index contributed by atoms with van der Waals surface area (Å²) >= 11 is 0. The van der Waals surface area contributed by atoms with Gasteiger partial charge in [-0.05, 0) is 12.8 Å². The topological polar surface area (TPSA) is 109 Å². The van der Waals surface area contributed by atoms with Crippen molar-refractivity contribution in [2.75, 3.05) is 32.0 Å². The first-order chi connectivity index (χ1) is 10.7. The van der Waals surface area contributed by atoms with E-state index in [0.717, 1.165) is 38.8 Å². The molecule has 2 heterocycles. The minimum atomic E-state index is -0.395. The van der Waals surface area contributed by atoms with E-state index in [1.165, 1.54) is 6.42 Å². The second-order valence-electron chi connectivity index (χ2n) is 6.01. The SMILES string of the molecule is Nc1n[nH]c(CNC(=O)C2(N3CCOCC3)CCCCC2)n1. The molecule has 2 fully saturated rings. The Bertz CT molecular complexity index is 505. The maximum Gasteiger partial charge on any atom is 0.240 e. The number of nitrogens with one attached hydrogen (secondary N) is 2. The average Bonchev–Trinajstić information content (AvgIpc) is 2.99. The summed E-state index contributed by atoms with van der Waals surface area (Å²) in [6, 6.07) is 0. The summed E-state index contributed by atoms with van der Waals surface area (Å²) in [6.45, 7) is 3.38. The number of nitrogen functional groups attached to an aromatic ring is 1. The molecule has 8 nitrogen and oxygen atoms in total. The van der Waals surface area contributed by atoms with Crippen LogP contribution in [0.2, 0.25) is 0 Å². The lowest BCUT2D eigenvalue weighted by Crippen LogP contribution is -2.62. The highest BCUT2D eigenvalue weighted by molar-refractivity contribution is 5.86. The van der Waals surface area contributed by atoms with E-state index in [1.54, 1.807) is 0 Å². The van der Waals surface area contributed by atoms with Gasteiger partial charge >= 0.3 is 0 Å². The molecule has 1 aromatic heterocycles. The van der Waals surface area contributed by atoms with E-state index in [4.69, 9.17) is 10.5 Å². The number of aromatic amines is 1. The zero-order valence-corrected chi connectivity index (χ0v) is 12.8. The summed E-state index contributed by atoms with van der Waals surface area (Å²) in [5.41, 5.74) is 5.09. The minimum Gasteiger partial charge on any atom is -0.379 e. The summed E-state index contributed by atoms with van der Waals surface area (Å²) in [5, 5.41) is 9.51. The van der Waals surface area contributed by atoms with Crippen molar-refractivity contribution in [2.24, 2.45) is 0 Å². The Morgan fingerprint density at radius 3 is 2.68 bits per heavy atom. The number of aromatic nitrogens is 3. The molecule has 1 aliphatic carbocycles. The first kappa shape index (κ1) is 15.2. The number of nitrogens with zero attached hydrogens (tertiary/aromatic N) is 3. The molecule has 0 unspecified atom stereocenters. The van der Waals surface area contributed by atoms with E-state index in [0.29, 0.717) is 25.6 Å². The Hall–Kier alpha value is -1.67. The number of amides is 1. The number of carbonyl (C=O) groups is 1. The molecular weight excluding hydrogens is 284 g/mol. The normalized spacial score (nSPS) is 22.4. The maximum absolute atomic E-state index is 12.9. The number of morpholine rings is 1. The first-order valence-corrected chi connectivity index (χ1v) is 7.98. The van der Waals surface area contributed by atoms with Crippen LogP contribution in [0.25, 0.3) is 0 Å². The van der Waals surface area contributed by atoms with Gasteiger partial charge in [-0.25, -0.2) is 0 Å². The lowest BCUT2D eigenvalue weighted by molar-refractivity contribution is -0.140. The number of rotatable bonds is 4. The summed E-state index contributed by atoms with van der Waals surface area (Å²) in [6.07, 6.45) is 5.23. The molecule has 1 aromatic rings. The van der Waals surface area contributed by atoms with Crippen molar-refractivity contribution in [3.05, 3.63) is 5.82 Å². The zero-order chi connectivity index (χ0) is 15.4. The quantitative estimate of drug-likeness (QED) is 0.724. The highest BCUT2D eigenvalue weighted by Gasteiger charge is 2.44. The number of ether oxygens (including phenoxy) is 1. The van der Waals surface area contributed by atoms with Crippen LogP contribution in [-0.4, -0.2) is 57.8 Å². The van der Waals surface area contributed by atoms with E-state index in [9.17, 15) is 4.79 Å². The molecular formula is C14H24N6O2. The molecule has 8 heteroatoms. The molecule has 0 bridgehead atoms. The van der Waals surface area contributed by atoms with E-state index in [2.05, 4.69) is 25.4 Å². The van der Waals surface area contributed by atoms with E-state index in [-0.39, 0.29) is 11.9 Å². The third kappa shape index (κ3) is 3.07. The fourth-order valence-corrected chi connectivity index (χ4v) is 3.53. The second-order valence-corrected chi connectivity index (χ2v) is 6.01. The Kier molecular flexibility index (Phi) is 4.58. The highest BCUT2D eigenvalue weighted by Crippen LogP contribution is 2.34. The predicted octanol–water partition coefficient (Wildman–Crippen LogP) is 0.0382. The van der Waals surface area contributed by atoms with Gasteiger partial charge in [-0.15, -0.1) is 5.10 Å². The molecule has 1 amide bonds. The van der Waals surface area contributed by atoms with Crippen LogP contribution >= 0.6 is 0 Å². The average molecular weight is 308 g/mol. The van der Waals surface area contributed by atoms with Gasteiger partial charge in [0.25, 0.3) is 0 Å². The maximum atomic E-state index is 12.9. The van der Waals surface area contributed by atoms with Gasteiger partial charge in [0.2, 0.25) is 11.9 Å². The Balaban J connectivity index is 1.68. The minimum absolute atomic E-state index is 0.0871. The second kappa shape index (κ2) is 6.62. The summed E-state index contributed by atoms with van der Waals surface area (Å²) in [7, 11) is 0. The van der Waals surface area contributed by atoms with Crippen molar-refractivity contribution in [3.8, 4) is 0 Å². The number of anilines is 1. The summed E-state index contributed by atoms with van der Waals surface area (Å²) in [5.74, 6) is 0.868. The molecule has 22 heavy (non-hydrogen) atoms. The number of H-pyrrole nitrogens is 1. The number of hydrogen-bond donors (Lipinski definition) is 3. The molecule has 4 N–H and O–H groups in total. The molecule has 0 spiro atoms. The van der Waals surface area contributed by atoms with Gasteiger partial charge in [0, 0.05) is 13.1 Å². The Morgan fingerprint density at radius 2 is 2.05 bits per heavy atom. The van der Waals surface area contributed by atoms with E-state index in [1.807, 2.05) is 0 Å². The number of nitrogens with two attached hydrogens (primary N) is 1. The van der Waals surface area contributed by atoms with Gasteiger partial charge in [-0.1, -0.05) is 19.3 Å². The molecule has 1 saturated carbocycles. The molecule has 122 valence electrons. The van der Waals surface area contributed by atoms with Gasteiger partial charge in [0.1, 0.15) is 11.4 Å². The van der Waals surface area contributed by atoms with Crippen LogP contribution in [0, 0.1) is 0 Å². The van der Waals surface area contributed by atoms with Crippen LogP contribution in [0.1, 0.15) is 37.9 Å². The lowest BCUT2D eigenvalue weighted by atomic mass is 9.79. The van der Waals surface area contributed by atoms with Crippen LogP contribution in [0.4, 0.5) is 5.95 Å². The van der Waals surface area contributed by atoms with Crippen molar-refractivity contribution in [1.82, 2.24) is 25.4 Å². The molecule has 1 saturated heterocycles. The fourth-order valence-electron chi connectivity index (χ4n) is 3.53. The van der Waals surface area contributed by atoms with Crippen molar-refractivity contribution in [1.29, 1.82) is 0 Å². The molecule has 0 radical (unpaired) electrons. The molecule has 2 aliphatic rings. The molecule has 0 atom stereocenters. The molecule has 0 aromatic carbocycles. The highest BCUT2D eigenvalue weighted by atomic mass is 16.5. The Morgan fingerprint density at radius 1 is 1.32 bits per heavy atom. The van der Waals surface area contributed by atoms with Crippen LogP contribution < -0.4 is 11.1 Å². The Labute approximate surface area is 129 Å². The number of carbonyl (C=O) groups excluding carboxylic acids is 1. The van der Waals surface area contributed by atoms with Crippen molar-refractivity contribution in [3.63, 3.8) is 0 Å².